The van der Waals surface area contributed by atoms with Gasteiger partial charge in [0, 0.05) is 6.42 Å². The van der Waals surface area contributed by atoms with Crippen LogP contribution in [-0.4, -0.2) is 73.4 Å². The number of aliphatic hydroxyl groups excluding tert-OH is 1. The van der Waals surface area contributed by atoms with Crippen LogP contribution in [-0.2, 0) is 18.4 Å². The second-order valence-corrected chi connectivity index (χ2v) is 14.0. The molecule has 0 aromatic heterocycles. The number of unbranched alkanes of at least 4 members (excludes halogenated alkanes) is 16. The molecule has 8 nitrogen and oxygen atoms in total. The lowest BCUT2D eigenvalue weighted by Crippen LogP contribution is -2.45. The standard InChI is InChI=1S/C32H65N2O6P/c1-6-8-10-12-13-14-15-16-17-18-19-20-21-22-23-25-31(35)30(33-32(36)26-24-11-9-7-2)29-40-41(37,38)39-28-27-34(3,4)5/h23,25,30-31,35H,6-22,24,26-29H2,1-5H3,(H-,33,36,37,38)/p+1/b25-23+. The monoisotopic (exact) mass is 605 g/mol. The van der Waals surface area contributed by atoms with Crippen molar-refractivity contribution in [1.82, 2.24) is 5.32 Å². The van der Waals surface area contributed by atoms with E-state index in [0.29, 0.717) is 17.4 Å². The molecule has 9 heteroatoms. The molecule has 0 rings (SSSR count). The summed E-state index contributed by atoms with van der Waals surface area (Å²) in [5.74, 6) is -0.197. The van der Waals surface area contributed by atoms with Gasteiger partial charge in [-0.1, -0.05) is 122 Å². The van der Waals surface area contributed by atoms with E-state index in [1.54, 1.807) is 6.08 Å². The van der Waals surface area contributed by atoms with E-state index in [9.17, 15) is 19.4 Å². The Bertz CT molecular complexity index is 698. The second-order valence-electron chi connectivity index (χ2n) is 12.5. The Morgan fingerprint density at radius 2 is 1.29 bits per heavy atom. The van der Waals surface area contributed by atoms with Crippen LogP contribution in [0.15, 0.2) is 12.2 Å². The van der Waals surface area contributed by atoms with Crippen LogP contribution < -0.4 is 5.32 Å². The predicted molar refractivity (Wildman–Crippen MR) is 171 cm³/mol. The van der Waals surface area contributed by atoms with Crippen molar-refractivity contribution in [3.8, 4) is 0 Å². The molecule has 0 aliphatic carbocycles. The van der Waals surface area contributed by atoms with Gasteiger partial charge in [0.15, 0.2) is 0 Å². The molecule has 0 fully saturated rings. The maximum absolute atomic E-state index is 12.5. The summed E-state index contributed by atoms with van der Waals surface area (Å²) >= 11 is 0. The highest BCUT2D eigenvalue weighted by atomic mass is 31.2. The van der Waals surface area contributed by atoms with Crippen molar-refractivity contribution in [2.75, 3.05) is 40.9 Å². The third-order valence-electron chi connectivity index (χ3n) is 7.26. The van der Waals surface area contributed by atoms with E-state index in [1.165, 1.54) is 70.6 Å². The Hall–Kier alpha value is -0.760. The number of aliphatic hydroxyl groups is 1. The molecule has 0 aliphatic heterocycles. The predicted octanol–water partition coefficient (Wildman–Crippen LogP) is 7.68. The van der Waals surface area contributed by atoms with Crippen molar-refractivity contribution in [2.24, 2.45) is 0 Å². The van der Waals surface area contributed by atoms with Gasteiger partial charge in [-0.15, -0.1) is 0 Å². The molecule has 0 saturated heterocycles. The Morgan fingerprint density at radius 1 is 0.805 bits per heavy atom. The summed E-state index contributed by atoms with van der Waals surface area (Å²) in [6, 6.07) is -0.834. The first-order valence-electron chi connectivity index (χ1n) is 16.6. The molecular weight excluding hydrogens is 539 g/mol. The van der Waals surface area contributed by atoms with Crippen molar-refractivity contribution < 1.29 is 32.9 Å². The van der Waals surface area contributed by atoms with Gasteiger partial charge in [-0.2, -0.15) is 0 Å². The summed E-state index contributed by atoms with van der Waals surface area (Å²) in [5.41, 5.74) is 0. The number of nitrogens with zero attached hydrogens (tertiary/aromatic N) is 1. The minimum atomic E-state index is -4.31. The summed E-state index contributed by atoms with van der Waals surface area (Å²) in [6.45, 7) is 4.66. The van der Waals surface area contributed by atoms with Gasteiger partial charge in [-0.3, -0.25) is 13.8 Å². The van der Waals surface area contributed by atoms with Gasteiger partial charge in [0.1, 0.15) is 13.2 Å². The number of hydrogen-bond donors (Lipinski definition) is 3. The zero-order chi connectivity index (χ0) is 30.8. The number of hydrogen-bond acceptors (Lipinski definition) is 5. The van der Waals surface area contributed by atoms with E-state index < -0.39 is 20.0 Å². The Labute approximate surface area is 252 Å². The van der Waals surface area contributed by atoms with Gasteiger partial charge in [0.2, 0.25) is 5.91 Å². The molecule has 244 valence electrons. The minimum Gasteiger partial charge on any atom is -0.387 e. The van der Waals surface area contributed by atoms with E-state index in [0.717, 1.165) is 44.9 Å². The number of carbonyl (C=O) groups is 1. The first-order chi connectivity index (χ1) is 19.5. The van der Waals surface area contributed by atoms with E-state index in [-0.39, 0.29) is 19.1 Å². The quantitative estimate of drug-likeness (QED) is 0.0350. The molecule has 3 atom stereocenters. The van der Waals surface area contributed by atoms with Crippen molar-refractivity contribution in [1.29, 1.82) is 0 Å². The molecule has 0 bridgehead atoms. The summed E-state index contributed by atoms with van der Waals surface area (Å²) in [5, 5.41) is 13.5. The third-order valence-corrected chi connectivity index (χ3v) is 8.24. The third kappa shape index (κ3) is 27.8. The summed E-state index contributed by atoms with van der Waals surface area (Å²) in [7, 11) is 1.57. The molecule has 0 heterocycles. The largest absolute Gasteiger partial charge is 0.472 e. The Kier molecular flexibility index (Phi) is 25.2. The van der Waals surface area contributed by atoms with Crippen molar-refractivity contribution in [3.05, 3.63) is 12.2 Å². The van der Waals surface area contributed by atoms with E-state index in [1.807, 2.05) is 27.2 Å². The number of likely N-dealkylation sites (N-methyl/N-ethyl adjacent to an activating group) is 1. The van der Waals surface area contributed by atoms with Crippen LogP contribution in [0.4, 0.5) is 0 Å². The zero-order valence-electron chi connectivity index (χ0n) is 27.3. The van der Waals surface area contributed by atoms with Gasteiger partial charge >= 0.3 is 7.82 Å². The Morgan fingerprint density at radius 3 is 1.80 bits per heavy atom. The first-order valence-corrected chi connectivity index (χ1v) is 18.1. The smallest absolute Gasteiger partial charge is 0.387 e. The number of carbonyl (C=O) groups excluding carboxylic acids is 1. The van der Waals surface area contributed by atoms with Gasteiger partial charge in [-0.25, -0.2) is 4.57 Å². The SMILES string of the molecule is CCCCCCCCCCCCCCC/C=C/C(O)C(COP(=O)(O)OCC[N+](C)(C)C)NC(=O)CCCCCC. The number of phosphoric acid groups is 1. The van der Waals surface area contributed by atoms with Crippen molar-refractivity contribution >= 4 is 13.7 Å². The van der Waals surface area contributed by atoms with E-state index >= 15 is 0 Å². The number of quaternary nitrogens is 1. The lowest BCUT2D eigenvalue weighted by atomic mass is 10.0. The fraction of sp³-hybridized carbons (Fsp3) is 0.906. The van der Waals surface area contributed by atoms with Gasteiger partial charge < -0.3 is 19.8 Å². The van der Waals surface area contributed by atoms with Crippen LogP contribution in [0.2, 0.25) is 0 Å². The lowest BCUT2D eigenvalue weighted by Gasteiger charge is -2.25. The fourth-order valence-corrected chi connectivity index (χ4v) is 5.24. The second kappa shape index (κ2) is 25.7. The molecule has 1 amide bonds. The molecule has 3 unspecified atom stereocenters. The summed E-state index contributed by atoms with van der Waals surface area (Å²) in [4.78, 5) is 22.6. The number of nitrogens with one attached hydrogen (secondary N) is 1. The Balaban J connectivity index is 4.43. The number of allylic oxidation sites excluding steroid dienone is 1. The number of phosphoric ester groups is 1. The number of rotatable bonds is 29. The maximum atomic E-state index is 12.5. The molecule has 3 N–H and O–H groups in total. The van der Waals surface area contributed by atoms with Crippen molar-refractivity contribution in [3.63, 3.8) is 0 Å². The lowest BCUT2D eigenvalue weighted by molar-refractivity contribution is -0.870. The van der Waals surface area contributed by atoms with E-state index in [2.05, 4.69) is 19.2 Å². The maximum Gasteiger partial charge on any atom is 0.472 e. The van der Waals surface area contributed by atoms with Gasteiger partial charge in [-0.05, 0) is 19.3 Å². The minimum absolute atomic E-state index is 0.0628. The first kappa shape index (κ1) is 40.2. The van der Waals surface area contributed by atoms with Crippen LogP contribution >= 0.6 is 7.82 Å². The average Bonchev–Trinajstić information content (AvgIpc) is 2.90. The molecule has 41 heavy (non-hydrogen) atoms. The summed E-state index contributed by atoms with van der Waals surface area (Å²) in [6.07, 6.45) is 24.6. The fourth-order valence-electron chi connectivity index (χ4n) is 4.51. The molecule has 0 aromatic carbocycles. The highest BCUT2D eigenvalue weighted by molar-refractivity contribution is 7.47. The van der Waals surface area contributed by atoms with Crippen LogP contribution in [0.5, 0.6) is 0 Å². The normalized spacial score (nSPS) is 15.2. The van der Waals surface area contributed by atoms with Crippen molar-refractivity contribution in [2.45, 2.75) is 148 Å². The molecule has 0 aromatic rings. The highest BCUT2D eigenvalue weighted by Gasteiger charge is 2.27. The summed E-state index contributed by atoms with van der Waals surface area (Å²) < 4.78 is 23.2. The average molecular weight is 606 g/mol. The van der Waals surface area contributed by atoms with E-state index in [4.69, 9.17) is 9.05 Å². The highest BCUT2D eigenvalue weighted by Crippen LogP contribution is 2.43. The number of amides is 1. The molecule has 0 aliphatic rings. The van der Waals surface area contributed by atoms with Crippen LogP contribution in [0.3, 0.4) is 0 Å². The van der Waals surface area contributed by atoms with Crippen LogP contribution in [0.1, 0.15) is 136 Å². The molecule has 0 spiro atoms. The van der Waals surface area contributed by atoms with Crippen LogP contribution in [0.25, 0.3) is 0 Å². The molecular formula is C32H66N2O6P+. The topological polar surface area (TPSA) is 105 Å². The zero-order valence-corrected chi connectivity index (χ0v) is 28.2. The van der Waals surface area contributed by atoms with Crippen LogP contribution in [0, 0.1) is 0 Å². The molecule has 0 saturated carbocycles. The molecule has 0 radical (unpaired) electrons. The van der Waals surface area contributed by atoms with Gasteiger partial charge in [0.25, 0.3) is 0 Å². The van der Waals surface area contributed by atoms with Gasteiger partial charge in [0.05, 0.1) is 39.9 Å².